The Morgan fingerprint density at radius 2 is 2.06 bits per heavy atom. The number of amides is 1. The zero-order valence-electron chi connectivity index (χ0n) is 10.5. The van der Waals surface area contributed by atoms with Crippen LogP contribution in [0.1, 0.15) is 5.56 Å². The predicted molar refractivity (Wildman–Crippen MR) is 77.4 cm³/mol. The van der Waals surface area contributed by atoms with Crippen LogP contribution >= 0.6 is 27.5 Å². The molecular weight excluding hydrogens is 318 g/mol. The van der Waals surface area contributed by atoms with E-state index >= 15 is 0 Å². The zero-order chi connectivity index (χ0) is 13.5. The van der Waals surface area contributed by atoms with E-state index in [1.54, 1.807) is 31.2 Å². The molecule has 0 N–H and O–H groups in total. The first kappa shape index (κ1) is 15.5. The highest BCUT2D eigenvalue weighted by Gasteiger charge is 2.13. The van der Waals surface area contributed by atoms with Crippen molar-refractivity contribution >= 4 is 33.4 Å². The Hall–Kier alpha value is -0.580. The van der Waals surface area contributed by atoms with Crippen LogP contribution in [-0.4, -0.2) is 42.9 Å². The molecule has 0 aromatic heterocycles. The van der Waals surface area contributed by atoms with Gasteiger partial charge in [0, 0.05) is 25.7 Å². The molecule has 0 radical (unpaired) electrons. The fourth-order valence-electron chi connectivity index (χ4n) is 1.54. The monoisotopic (exact) mass is 333 g/mol. The molecule has 0 aliphatic carbocycles. The molecule has 1 atom stereocenters. The maximum atomic E-state index is 12.0. The molecule has 0 aliphatic heterocycles. The summed E-state index contributed by atoms with van der Waals surface area (Å²) in [5, 5.41) is 0.681. The van der Waals surface area contributed by atoms with Crippen LogP contribution in [0.4, 0.5) is 0 Å². The van der Waals surface area contributed by atoms with Gasteiger partial charge in [-0.1, -0.05) is 39.7 Å². The number of alkyl halides is 1. The van der Waals surface area contributed by atoms with Crippen molar-refractivity contribution in [3.8, 4) is 0 Å². The molecule has 0 spiro atoms. The maximum Gasteiger partial charge on any atom is 0.226 e. The largest absolute Gasteiger partial charge is 0.383 e. The molecule has 1 aromatic rings. The highest BCUT2D eigenvalue weighted by atomic mass is 79.9. The molecule has 1 unspecified atom stereocenters. The molecule has 0 saturated heterocycles. The van der Waals surface area contributed by atoms with E-state index in [0.29, 0.717) is 24.6 Å². The van der Waals surface area contributed by atoms with Crippen LogP contribution in [0.2, 0.25) is 5.02 Å². The van der Waals surface area contributed by atoms with Gasteiger partial charge in [0.2, 0.25) is 5.91 Å². The van der Waals surface area contributed by atoms with Gasteiger partial charge in [0.05, 0.1) is 17.9 Å². The number of likely N-dealkylation sites (N-methyl/N-ethyl adjacent to an activating group) is 1. The van der Waals surface area contributed by atoms with Crippen LogP contribution in [0.3, 0.4) is 0 Å². The zero-order valence-corrected chi connectivity index (χ0v) is 12.9. The molecule has 1 amide bonds. The predicted octanol–water partition coefficient (Wildman–Crippen LogP) is 2.75. The summed E-state index contributed by atoms with van der Waals surface area (Å²) in [4.78, 5) is 13.8. The number of nitrogens with zero attached hydrogens (tertiary/aromatic N) is 1. The molecule has 0 aliphatic rings. The summed E-state index contributed by atoms with van der Waals surface area (Å²) >= 11 is 9.26. The molecule has 5 heteroatoms. The van der Waals surface area contributed by atoms with Crippen molar-refractivity contribution in [3.63, 3.8) is 0 Å². The van der Waals surface area contributed by atoms with E-state index in [2.05, 4.69) is 15.9 Å². The van der Waals surface area contributed by atoms with Crippen molar-refractivity contribution in [1.82, 2.24) is 4.90 Å². The summed E-state index contributed by atoms with van der Waals surface area (Å²) in [5.41, 5.74) is 0.967. The highest BCUT2D eigenvalue weighted by Crippen LogP contribution is 2.11. The standard InChI is InChI=1S/C13H17BrClNO2/c1-16(8-11(14)9-18-2)13(17)7-10-3-5-12(15)6-4-10/h3-6,11H,7-9H2,1-2H3. The van der Waals surface area contributed by atoms with Crippen LogP contribution in [-0.2, 0) is 16.0 Å². The Balaban J connectivity index is 2.46. The molecular formula is C13H17BrClNO2. The van der Waals surface area contributed by atoms with Crippen LogP contribution in [0.25, 0.3) is 0 Å². The number of carbonyl (C=O) groups is 1. The number of carbonyl (C=O) groups excluding carboxylic acids is 1. The molecule has 0 saturated carbocycles. The summed E-state index contributed by atoms with van der Waals surface area (Å²) in [5.74, 6) is 0.0814. The lowest BCUT2D eigenvalue weighted by Gasteiger charge is -2.20. The second-order valence-electron chi connectivity index (χ2n) is 4.13. The number of hydrogen-bond donors (Lipinski definition) is 0. The fourth-order valence-corrected chi connectivity index (χ4v) is 2.37. The third-order valence-electron chi connectivity index (χ3n) is 2.51. The summed E-state index contributed by atoms with van der Waals surface area (Å²) in [6, 6.07) is 7.33. The number of halogens is 2. The van der Waals surface area contributed by atoms with Crippen LogP contribution in [0.15, 0.2) is 24.3 Å². The average Bonchev–Trinajstić information content (AvgIpc) is 2.32. The Bertz CT molecular complexity index is 383. The van der Waals surface area contributed by atoms with Gasteiger partial charge in [-0.2, -0.15) is 0 Å². The lowest BCUT2D eigenvalue weighted by Crippen LogP contribution is -2.34. The van der Waals surface area contributed by atoms with Gasteiger partial charge >= 0.3 is 0 Å². The molecule has 18 heavy (non-hydrogen) atoms. The van der Waals surface area contributed by atoms with E-state index in [0.717, 1.165) is 5.56 Å². The number of benzene rings is 1. The van der Waals surface area contributed by atoms with E-state index in [1.165, 1.54) is 0 Å². The minimum absolute atomic E-state index is 0.0814. The summed E-state index contributed by atoms with van der Waals surface area (Å²) in [7, 11) is 3.44. The third-order valence-corrected chi connectivity index (χ3v) is 3.32. The molecule has 1 aromatic carbocycles. The molecule has 100 valence electrons. The SMILES string of the molecule is COCC(Br)CN(C)C(=O)Cc1ccc(Cl)cc1. The first-order chi connectivity index (χ1) is 8.52. The molecule has 0 heterocycles. The minimum Gasteiger partial charge on any atom is -0.383 e. The van der Waals surface area contributed by atoms with Crippen LogP contribution in [0.5, 0.6) is 0 Å². The van der Waals surface area contributed by atoms with Gasteiger partial charge in [0.25, 0.3) is 0 Å². The second-order valence-corrected chi connectivity index (χ2v) is 5.86. The van der Waals surface area contributed by atoms with Crippen LogP contribution in [0, 0.1) is 0 Å². The van der Waals surface area contributed by atoms with E-state index in [9.17, 15) is 4.79 Å². The first-order valence-corrected chi connectivity index (χ1v) is 6.93. The van der Waals surface area contributed by atoms with E-state index in [-0.39, 0.29) is 10.7 Å². The summed E-state index contributed by atoms with van der Waals surface area (Å²) < 4.78 is 5.02. The van der Waals surface area contributed by atoms with Crippen molar-refractivity contribution < 1.29 is 9.53 Å². The Kier molecular flexibility index (Phi) is 6.68. The van der Waals surface area contributed by atoms with Gasteiger partial charge in [0.1, 0.15) is 0 Å². The van der Waals surface area contributed by atoms with Crippen molar-refractivity contribution in [2.75, 3.05) is 27.3 Å². The minimum atomic E-state index is 0.0814. The van der Waals surface area contributed by atoms with E-state index in [1.807, 2.05) is 12.1 Å². The third kappa shape index (κ3) is 5.38. The molecule has 1 rings (SSSR count). The topological polar surface area (TPSA) is 29.5 Å². The highest BCUT2D eigenvalue weighted by molar-refractivity contribution is 9.09. The van der Waals surface area contributed by atoms with Gasteiger partial charge in [-0.3, -0.25) is 4.79 Å². The molecule has 0 bridgehead atoms. The van der Waals surface area contributed by atoms with Crippen molar-refractivity contribution in [2.24, 2.45) is 0 Å². The second kappa shape index (κ2) is 7.77. The van der Waals surface area contributed by atoms with Crippen molar-refractivity contribution in [2.45, 2.75) is 11.2 Å². The van der Waals surface area contributed by atoms with E-state index in [4.69, 9.17) is 16.3 Å². The average molecular weight is 335 g/mol. The van der Waals surface area contributed by atoms with E-state index < -0.39 is 0 Å². The van der Waals surface area contributed by atoms with Gasteiger partial charge in [-0.25, -0.2) is 0 Å². The molecule has 0 fully saturated rings. The van der Waals surface area contributed by atoms with Gasteiger partial charge in [-0.15, -0.1) is 0 Å². The fraction of sp³-hybridized carbons (Fsp3) is 0.462. The summed E-state index contributed by atoms with van der Waals surface area (Å²) in [6.07, 6.45) is 0.389. The quantitative estimate of drug-likeness (QED) is 0.749. The number of hydrogen-bond acceptors (Lipinski definition) is 2. The number of rotatable bonds is 6. The Morgan fingerprint density at radius 3 is 2.61 bits per heavy atom. The summed E-state index contributed by atoms with van der Waals surface area (Å²) in [6.45, 7) is 1.21. The maximum absolute atomic E-state index is 12.0. The lowest BCUT2D eigenvalue weighted by molar-refractivity contribution is -0.129. The first-order valence-electron chi connectivity index (χ1n) is 5.64. The van der Waals surface area contributed by atoms with Gasteiger partial charge in [0.15, 0.2) is 0 Å². The van der Waals surface area contributed by atoms with Gasteiger partial charge < -0.3 is 9.64 Å². The molecule has 3 nitrogen and oxygen atoms in total. The normalized spacial score (nSPS) is 12.2. The Labute approximate surface area is 121 Å². The number of methoxy groups -OCH3 is 1. The smallest absolute Gasteiger partial charge is 0.226 e. The van der Waals surface area contributed by atoms with Crippen molar-refractivity contribution in [1.29, 1.82) is 0 Å². The van der Waals surface area contributed by atoms with Crippen LogP contribution < -0.4 is 0 Å². The van der Waals surface area contributed by atoms with Crippen molar-refractivity contribution in [3.05, 3.63) is 34.9 Å². The Morgan fingerprint density at radius 1 is 1.44 bits per heavy atom. The number of ether oxygens (including phenoxy) is 1. The van der Waals surface area contributed by atoms with Gasteiger partial charge in [-0.05, 0) is 17.7 Å². The lowest BCUT2D eigenvalue weighted by atomic mass is 10.1.